The zero-order valence-electron chi connectivity index (χ0n) is 10.4. The Balaban J connectivity index is 3.03. The van der Waals surface area contributed by atoms with Gasteiger partial charge in [-0.3, -0.25) is 4.79 Å². The number of benzene rings is 1. The van der Waals surface area contributed by atoms with Crippen molar-refractivity contribution >= 4 is 5.78 Å². The van der Waals surface area contributed by atoms with Crippen molar-refractivity contribution in [1.82, 2.24) is 0 Å². The minimum absolute atomic E-state index is 0.0643. The van der Waals surface area contributed by atoms with Gasteiger partial charge in [-0.15, -0.1) is 0 Å². The first-order valence-electron chi connectivity index (χ1n) is 5.67. The van der Waals surface area contributed by atoms with Gasteiger partial charge in [-0.1, -0.05) is 6.07 Å². The average molecular weight is 238 g/mol. The highest BCUT2D eigenvalue weighted by Crippen LogP contribution is 2.30. The van der Waals surface area contributed by atoms with E-state index in [-0.39, 0.29) is 11.5 Å². The van der Waals surface area contributed by atoms with Crippen LogP contribution in [0, 0.1) is 0 Å². The third kappa shape index (κ3) is 3.46. The summed E-state index contributed by atoms with van der Waals surface area (Å²) in [5, 5.41) is 9.57. The van der Waals surface area contributed by atoms with Gasteiger partial charge in [0.05, 0.1) is 6.61 Å². The second-order valence-corrected chi connectivity index (χ2v) is 3.61. The molecule has 0 saturated heterocycles. The Bertz CT molecular complexity index is 387. The van der Waals surface area contributed by atoms with Crippen LogP contribution in [-0.2, 0) is 9.53 Å². The van der Waals surface area contributed by atoms with Gasteiger partial charge in [-0.2, -0.15) is 0 Å². The van der Waals surface area contributed by atoms with E-state index in [2.05, 4.69) is 0 Å². The molecule has 0 radical (unpaired) electrons. The minimum atomic E-state index is -0.597. The number of aromatic hydroxyl groups is 1. The highest BCUT2D eigenvalue weighted by Gasteiger charge is 2.18. The Kier molecular flexibility index (Phi) is 4.97. The molecule has 0 saturated carbocycles. The van der Waals surface area contributed by atoms with E-state index in [4.69, 9.17) is 9.47 Å². The van der Waals surface area contributed by atoms with Crippen molar-refractivity contribution in [1.29, 1.82) is 0 Å². The lowest BCUT2D eigenvalue weighted by Crippen LogP contribution is -2.13. The molecule has 1 rings (SSSR count). The lowest BCUT2D eigenvalue weighted by molar-refractivity contribution is -0.128. The van der Waals surface area contributed by atoms with Crippen molar-refractivity contribution in [2.75, 3.05) is 13.2 Å². The molecule has 1 unspecified atom stereocenters. The fourth-order valence-corrected chi connectivity index (χ4v) is 1.58. The molecule has 0 aliphatic heterocycles. The van der Waals surface area contributed by atoms with Gasteiger partial charge >= 0.3 is 0 Å². The Morgan fingerprint density at radius 3 is 2.59 bits per heavy atom. The Labute approximate surface area is 101 Å². The maximum atomic E-state index is 11.5. The summed E-state index contributed by atoms with van der Waals surface area (Å²) in [6.07, 6.45) is -0.597. The molecule has 4 heteroatoms. The van der Waals surface area contributed by atoms with E-state index in [0.717, 1.165) is 0 Å². The molecular formula is C13H18O4. The smallest absolute Gasteiger partial charge is 0.163 e. The number of carbonyl (C=O) groups is 1. The number of phenols is 1. The average Bonchev–Trinajstić information content (AvgIpc) is 2.29. The SMILES string of the molecule is CCOc1cc(C(OCC)C(C)=O)ccc1O. The van der Waals surface area contributed by atoms with E-state index < -0.39 is 6.10 Å². The molecule has 1 aromatic rings. The maximum absolute atomic E-state index is 11.5. The van der Waals surface area contributed by atoms with Gasteiger partial charge in [0.15, 0.2) is 17.3 Å². The number of ketones is 1. The molecule has 0 amide bonds. The summed E-state index contributed by atoms with van der Waals surface area (Å²) in [5.74, 6) is 0.366. The van der Waals surface area contributed by atoms with E-state index in [1.165, 1.54) is 13.0 Å². The van der Waals surface area contributed by atoms with Crippen molar-refractivity contribution in [3.8, 4) is 11.5 Å². The molecule has 17 heavy (non-hydrogen) atoms. The largest absolute Gasteiger partial charge is 0.504 e. The first-order valence-corrected chi connectivity index (χ1v) is 5.67. The van der Waals surface area contributed by atoms with Crippen LogP contribution in [0.3, 0.4) is 0 Å². The number of hydrogen-bond acceptors (Lipinski definition) is 4. The highest BCUT2D eigenvalue weighted by atomic mass is 16.5. The molecular weight excluding hydrogens is 220 g/mol. The van der Waals surface area contributed by atoms with Crippen LogP contribution in [0.25, 0.3) is 0 Å². The summed E-state index contributed by atoms with van der Waals surface area (Å²) in [6.45, 7) is 6.05. The zero-order chi connectivity index (χ0) is 12.8. The van der Waals surface area contributed by atoms with Crippen LogP contribution in [0.2, 0.25) is 0 Å². The van der Waals surface area contributed by atoms with E-state index >= 15 is 0 Å². The maximum Gasteiger partial charge on any atom is 0.163 e. The van der Waals surface area contributed by atoms with Gasteiger partial charge < -0.3 is 14.6 Å². The molecule has 0 heterocycles. The van der Waals surface area contributed by atoms with Crippen LogP contribution in [0.1, 0.15) is 32.4 Å². The molecule has 94 valence electrons. The first kappa shape index (κ1) is 13.5. The normalized spacial score (nSPS) is 12.2. The molecule has 0 bridgehead atoms. The van der Waals surface area contributed by atoms with Crippen molar-refractivity contribution in [3.05, 3.63) is 23.8 Å². The van der Waals surface area contributed by atoms with Crippen LogP contribution in [0.4, 0.5) is 0 Å². The van der Waals surface area contributed by atoms with Gasteiger partial charge in [0.2, 0.25) is 0 Å². The Morgan fingerprint density at radius 2 is 2.06 bits per heavy atom. The molecule has 0 spiro atoms. The Hall–Kier alpha value is -1.55. The van der Waals surface area contributed by atoms with E-state index in [9.17, 15) is 9.90 Å². The number of rotatable bonds is 6. The monoisotopic (exact) mass is 238 g/mol. The number of carbonyl (C=O) groups excluding carboxylic acids is 1. The number of phenolic OH excluding ortho intramolecular Hbond substituents is 1. The number of ether oxygens (including phenoxy) is 2. The predicted octanol–water partition coefficient (Wildman–Crippen LogP) is 2.46. The lowest BCUT2D eigenvalue weighted by atomic mass is 10.1. The summed E-state index contributed by atoms with van der Waals surface area (Å²) >= 11 is 0. The molecule has 4 nitrogen and oxygen atoms in total. The van der Waals surface area contributed by atoms with Crippen LogP contribution >= 0.6 is 0 Å². The molecule has 1 aromatic carbocycles. The van der Waals surface area contributed by atoms with Gasteiger partial charge in [-0.25, -0.2) is 0 Å². The van der Waals surface area contributed by atoms with Crippen LogP contribution < -0.4 is 4.74 Å². The zero-order valence-corrected chi connectivity index (χ0v) is 10.4. The van der Waals surface area contributed by atoms with Gasteiger partial charge in [0.25, 0.3) is 0 Å². The third-order valence-electron chi connectivity index (χ3n) is 2.29. The van der Waals surface area contributed by atoms with Crippen LogP contribution in [0.5, 0.6) is 11.5 Å². The van der Waals surface area contributed by atoms with Crippen LogP contribution in [-0.4, -0.2) is 24.1 Å². The molecule has 0 aliphatic rings. The van der Waals surface area contributed by atoms with E-state index in [0.29, 0.717) is 24.5 Å². The van der Waals surface area contributed by atoms with E-state index in [1.807, 2.05) is 13.8 Å². The van der Waals surface area contributed by atoms with Crippen molar-refractivity contribution in [2.45, 2.75) is 26.9 Å². The van der Waals surface area contributed by atoms with Crippen molar-refractivity contribution in [2.24, 2.45) is 0 Å². The fraction of sp³-hybridized carbons (Fsp3) is 0.462. The first-order chi connectivity index (χ1) is 8.10. The summed E-state index contributed by atoms with van der Waals surface area (Å²) in [7, 11) is 0. The highest BCUT2D eigenvalue weighted by molar-refractivity contribution is 5.82. The van der Waals surface area contributed by atoms with Gasteiger partial charge in [0, 0.05) is 6.61 Å². The Morgan fingerprint density at radius 1 is 1.35 bits per heavy atom. The van der Waals surface area contributed by atoms with Crippen molar-refractivity contribution < 1.29 is 19.4 Å². The van der Waals surface area contributed by atoms with Crippen LogP contribution in [0.15, 0.2) is 18.2 Å². The predicted molar refractivity (Wildman–Crippen MR) is 64.3 cm³/mol. The minimum Gasteiger partial charge on any atom is -0.504 e. The number of Topliss-reactive ketones (excluding diaryl/α,β-unsaturated/α-hetero) is 1. The summed E-state index contributed by atoms with van der Waals surface area (Å²) < 4.78 is 10.6. The van der Waals surface area contributed by atoms with Crippen molar-refractivity contribution in [3.63, 3.8) is 0 Å². The molecule has 0 aliphatic carbocycles. The fourth-order valence-electron chi connectivity index (χ4n) is 1.58. The number of hydrogen-bond donors (Lipinski definition) is 1. The molecule has 0 aromatic heterocycles. The van der Waals surface area contributed by atoms with E-state index in [1.54, 1.807) is 12.1 Å². The lowest BCUT2D eigenvalue weighted by Gasteiger charge is -2.15. The molecule has 1 atom stereocenters. The second-order valence-electron chi connectivity index (χ2n) is 3.61. The summed E-state index contributed by atoms with van der Waals surface area (Å²) in [4.78, 5) is 11.5. The van der Waals surface area contributed by atoms with Gasteiger partial charge in [-0.05, 0) is 38.5 Å². The standard InChI is InChI=1S/C13H18O4/c1-4-16-12-8-10(6-7-11(12)15)13(9(3)14)17-5-2/h6-8,13,15H,4-5H2,1-3H3. The topological polar surface area (TPSA) is 55.8 Å². The molecule has 1 N–H and O–H groups in total. The molecule has 0 fully saturated rings. The van der Waals surface area contributed by atoms with Gasteiger partial charge in [0.1, 0.15) is 6.10 Å². The quantitative estimate of drug-likeness (QED) is 0.827. The summed E-state index contributed by atoms with van der Waals surface area (Å²) in [6, 6.07) is 4.81. The third-order valence-corrected chi connectivity index (χ3v) is 2.29. The summed E-state index contributed by atoms with van der Waals surface area (Å²) in [5.41, 5.74) is 0.695. The second kappa shape index (κ2) is 6.25.